The van der Waals surface area contributed by atoms with Gasteiger partial charge in [-0.1, -0.05) is 48.5 Å². The van der Waals surface area contributed by atoms with Gasteiger partial charge >= 0.3 is 11.9 Å². The van der Waals surface area contributed by atoms with E-state index in [4.69, 9.17) is 9.47 Å². The normalized spacial score (nSPS) is 10.9. The number of fused-ring (bicyclic) bond motifs is 2. The molecule has 0 heterocycles. The molecule has 0 saturated carbocycles. The molecule has 0 atom stereocenters. The lowest BCUT2D eigenvalue weighted by Crippen LogP contribution is -2.08. The fraction of sp³-hybridized carbons (Fsp3) is 0.154. The molecule has 2 N–H and O–H groups in total. The predicted molar refractivity (Wildman–Crippen MR) is 123 cm³/mol. The first kappa shape index (κ1) is 21.2. The number of ether oxygens (including phenoxy) is 2. The summed E-state index contributed by atoms with van der Waals surface area (Å²) in [6, 6.07) is 17.9. The SMILES string of the molecule is CCOc1c(C(=O)O)cc2ccccc2c1-c1c(OCC)c(C(=O)O)cc2ccccc12. The van der Waals surface area contributed by atoms with Crippen LogP contribution in [0.15, 0.2) is 60.7 Å². The van der Waals surface area contributed by atoms with Gasteiger partial charge in [-0.25, -0.2) is 9.59 Å². The van der Waals surface area contributed by atoms with Gasteiger partial charge in [0, 0.05) is 11.1 Å². The highest BCUT2D eigenvalue weighted by Gasteiger charge is 2.27. The molecule has 6 heteroatoms. The van der Waals surface area contributed by atoms with E-state index < -0.39 is 11.9 Å². The van der Waals surface area contributed by atoms with E-state index in [1.807, 2.05) is 48.5 Å². The summed E-state index contributed by atoms with van der Waals surface area (Å²) in [7, 11) is 0. The van der Waals surface area contributed by atoms with Crippen molar-refractivity contribution in [2.75, 3.05) is 13.2 Å². The second kappa shape index (κ2) is 8.59. The van der Waals surface area contributed by atoms with Gasteiger partial charge in [-0.15, -0.1) is 0 Å². The van der Waals surface area contributed by atoms with Crippen molar-refractivity contribution in [3.05, 3.63) is 71.8 Å². The van der Waals surface area contributed by atoms with E-state index in [9.17, 15) is 19.8 Å². The molecule has 0 bridgehead atoms. The maximum absolute atomic E-state index is 12.2. The molecule has 0 fully saturated rings. The lowest BCUT2D eigenvalue weighted by atomic mass is 9.88. The van der Waals surface area contributed by atoms with Crippen LogP contribution in [0.3, 0.4) is 0 Å². The number of benzene rings is 4. The quantitative estimate of drug-likeness (QED) is 0.382. The first-order valence-corrected chi connectivity index (χ1v) is 10.3. The molecule has 0 spiro atoms. The molecule has 4 rings (SSSR count). The molecule has 0 saturated heterocycles. The van der Waals surface area contributed by atoms with Crippen LogP contribution in [0, 0.1) is 0 Å². The minimum atomic E-state index is -1.13. The Morgan fingerprint density at radius 3 is 1.41 bits per heavy atom. The van der Waals surface area contributed by atoms with E-state index in [1.54, 1.807) is 26.0 Å². The van der Waals surface area contributed by atoms with Gasteiger partial charge in [-0.3, -0.25) is 0 Å². The summed E-state index contributed by atoms with van der Waals surface area (Å²) >= 11 is 0. The van der Waals surface area contributed by atoms with Crippen molar-refractivity contribution in [2.45, 2.75) is 13.8 Å². The molecule has 0 aliphatic rings. The molecule has 0 aromatic heterocycles. The zero-order chi connectivity index (χ0) is 22.8. The Balaban J connectivity index is 2.30. The number of carbonyl (C=O) groups is 2. The topological polar surface area (TPSA) is 93.1 Å². The molecule has 0 aliphatic carbocycles. The van der Waals surface area contributed by atoms with Crippen LogP contribution in [0.2, 0.25) is 0 Å². The minimum absolute atomic E-state index is 0.00723. The van der Waals surface area contributed by atoms with E-state index in [0.717, 1.165) is 10.8 Å². The largest absolute Gasteiger partial charge is 0.492 e. The molecule has 0 amide bonds. The van der Waals surface area contributed by atoms with Gasteiger partial charge in [-0.2, -0.15) is 0 Å². The first-order valence-electron chi connectivity index (χ1n) is 10.3. The van der Waals surface area contributed by atoms with Crippen LogP contribution in [-0.2, 0) is 0 Å². The molecular formula is C26H22O6. The van der Waals surface area contributed by atoms with E-state index in [2.05, 4.69) is 0 Å². The van der Waals surface area contributed by atoms with E-state index in [0.29, 0.717) is 21.9 Å². The lowest BCUT2D eigenvalue weighted by molar-refractivity contribution is 0.0681. The van der Waals surface area contributed by atoms with Gasteiger partial charge in [0.25, 0.3) is 0 Å². The van der Waals surface area contributed by atoms with Crippen molar-refractivity contribution in [1.82, 2.24) is 0 Å². The zero-order valence-corrected chi connectivity index (χ0v) is 17.7. The van der Waals surface area contributed by atoms with Crippen molar-refractivity contribution < 1.29 is 29.3 Å². The maximum Gasteiger partial charge on any atom is 0.339 e. The average molecular weight is 430 g/mol. The lowest BCUT2D eigenvalue weighted by Gasteiger charge is -2.21. The molecule has 0 radical (unpaired) electrons. The fourth-order valence-corrected chi connectivity index (χ4v) is 4.06. The van der Waals surface area contributed by atoms with Crippen LogP contribution >= 0.6 is 0 Å². The Morgan fingerprint density at radius 2 is 1.06 bits per heavy atom. The van der Waals surface area contributed by atoms with Gasteiger partial charge in [0.1, 0.15) is 22.6 Å². The second-order valence-electron chi connectivity index (χ2n) is 7.18. The molecule has 4 aromatic rings. The molecule has 0 unspecified atom stereocenters. The minimum Gasteiger partial charge on any atom is -0.492 e. The monoisotopic (exact) mass is 430 g/mol. The Bertz CT molecular complexity index is 1250. The second-order valence-corrected chi connectivity index (χ2v) is 7.18. The van der Waals surface area contributed by atoms with Crippen molar-refractivity contribution in [3.63, 3.8) is 0 Å². The third kappa shape index (κ3) is 3.50. The van der Waals surface area contributed by atoms with Gasteiger partial charge in [0.15, 0.2) is 0 Å². The fourth-order valence-electron chi connectivity index (χ4n) is 4.06. The first-order chi connectivity index (χ1) is 15.5. The number of carboxylic acid groups (broad SMARTS) is 2. The van der Waals surface area contributed by atoms with Gasteiger partial charge < -0.3 is 19.7 Å². The van der Waals surface area contributed by atoms with E-state index in [1.165, 1.54) is 0 Å². The number of hydrogen-bond donors (Lipinski definition) is 2. The van der Waals surface area contributed by atoms with Crippen LogP contribution in [0.5, 0.6) is 11.5 Å². The van der Waals surface area contributed by atoms with Gasteiger partial charge in [0.2, 0.25) is 0 Å². The molecular weight excluding hydrogens is 408 g/mol. The summed E-state index contributed by atoms with van der Waals surface area (Å²) in [4.78, 5) is 24.3. The summed E-state index contributed by atoms with van der Waals surface area (Å²) in [6.45, 7) is 4.04. The molecule has 32 heavy (non-hydrogen) atoms. The van der Waals surface area contributed by atoms with Crippen molar-refractivity contribution in [3.8, 4) is 22.6 Å². The predicted octanol–water partition coefficient (Wildman–Crippen LogP) is 5.85. The highest BCUT2D eigenvalue weighted by molar-refractivity contribution is 6.15. The highest BCUT2D eigenvalue weighted by atomic mass is 16.5. The van der Waals surface area contributed by atoms with E-state index in [-0.39, 0.29) is 35.8 Å². The van der Waals surface area contributed by atoms with Crippen LogP contribution < -0.4 is 9.47 Å². The van der Waals surface area contributed by atoms with Crippen molar-refractivity contribution >= 4 is 33.5 Å². The van der Waals surface area contributed by atoms with Crippen molar-refractivity contribution in [2.24, 2.45) is 0 Å². The van der Waals surface area contributed by atoms with Gasteiger partial charge in [-0.05, 0) is 47.5 Å². The number of carboxylic acids is 2. The summed E-state index contributed by atoms with van der Waals surface area (Å²) in [6.07, 6.45) is 0. The number of rotatable bonds is 7. The molecule has 162 valence electrons. The maximum atomic E-state index is 12.2. The Morgan fingerprint density at radius 1 is 0.688 bits per heavy atom. The number of aromatic carboxylic acids is 2. The van der Waals surface area contributed by atoms with E-state index >= 15 is 0 Å². The summed E-state index contributed by atoms with van der Waals surface area (Å²) in [5.74, 6) is -1.88. The van der Waals surface area contributed by atoms with Crippen LogP contribution in [0.25, 0.3) is 32.7 Å². The molecule has 6 nitrogen and oxygen atoms in total. The summed E-state index contributed by atoms with van der Waals surface area (Å²) in [5.41, 5.74) is 1.02. The third-order valence-corrected chi connectivity index (χ3v) is 5.29. The summed E-state index contributed by atoms with van der Waals surface area (Å²) < 4.78 is 11.8. The van der Waals surface area contributed by atoms with Crippen LogP contribution in [0.1, 0.15) is 34.6 Å². The third-order valence-electron chi connectivity index (χ3n) is 5.29. The smallest absolute Gasteiger partial charge is 0.339 e. The van der Waals surface area contributed by atoms with Crippen LogP contribution in [0.4, 0.5) is 0 Å². The average Bonchev–Trinajstić information content (AvgIpc) is 2.78. The standard InChI is InChI=1S/C26H22O6/c1-3-31-23-19(25(27)28)13-15-9-5-7-11-17(15)21(23)22-18-12-8-6-10-16(18)14-20(26(29)30)24(22)32-4-2/h5-14H,3-4H2,1-2H3,(H,27,28)(H,29,30). The Kier molecular flexibility index (Phi) is 5.69. The highest BCUT2D eigenvalue weighted by Crippen LogP contribution is 2.48. The molecule has 4 aromatic carbocycles. The van der Waals surface area contributed by atoms with Crippen LogP contribution in [-0.4, -0.2) is 35.4 Å². The molecule has 0 aliphatic heterocycles. The zero-order valence-electron chi connectivity index (χ0n) is 17.7. The van der Waals surface area contributed by atoms with Gasteiger partial charge in [0.05, 0.1) is 13.2 Å². The Hall–Kier alpha value is -4.06. The number of hydrogen-bond acceptors (Lipinski definition) is 4. The van der Waals surface area contributed by atoms with Crippen molar-refractivity contribution in [1.29, 1.82) is 0 Å². The summed E-state index contributed by atoms with van der Waals surface area (Å²) in [5, 5.41) is 22.8. The Labute approximate surface area is 184 Å².